The molecule has 0 bridgehead atoms. The maximum absolute atomic E-state index is 13.7. The highest BCUT2D eigenvalue weighted by Crippen LogP contribution is 2.54. The number of pyridine rings is 1. The second-order valence-electron chi connectivity index (χ2n) is 11.0. The molecule has 2 aliphatic heterocycles. The fourth-order valence-corrected chi connectivity index (χ4v) is 5.82. The van der Waals surface area contributed by atoms with Gasteiger partial charge in [0.15, 0.2) is 11.6 Å². The Hall–Kier alpha value is -2.86. The van der Waals surface area contributed by atoms with E-state index in [1.807, 2.05) is 19.1 Å². The first-order valence-corrected chi connectivity index (χ1v) is 14.6. The lowest BCUT2D eigenvalue weighted by Crippen LogP contribution is -2.40. The van der Waals surface area contributed by atoms with Crippen LogP contribution in [0.2, 0.25) is 0 Å². The largest absolute Gasteiger partial charge is 0.459 e. The molecule has 8 nitrogen and oxygen atoms in total. The number of carbonyl (C=O) groups excluding carboxylic acids is 1. The van der Waals surface area contributed by atoms with Gasteiger partial charge in [-0.3, -0.25) is 4.79 Å². The number of ether oxygens (including phenoxy) is 1. The Bertz CT molecular complexity index is 1200. The highest BCUT2D eigenvalue weighted by molar-refractivity contribution is 8.01. The molecule has 2 aromatic rings. The van der Waals surface area contributed by atoms with Crippen LogP contribution in [-0.4, -0.2) is 66.8 Å². The minimum Gasteiger partial charge on any atom is -0.459 e. The quantitative estimate of drug-likeness (QED) is 0.309. The highest BCUT2D eigenvalue weighted by atomic mass is 32.2. The molecule has 218 valence electrons. The summed E-state index contributed by atoms with van der Waals surface area (Å²) < 4.78 is 48.8. The number of nitrogens with one attached hydrogen (secondary N) is 2. The zero-order chi connectivity index (χ0) is 28.3. The second kappa shape index (κ2) is 11.9. The molecule has 1 saturated carbocycles. The van der Waals surface area contributed by atoms with Crippen molar-refractivity contribution in [1.29, 1.82) is 0 Å². The standard InChI is InChI=1S/C28H36F3N5O3S/c1-19(17-37)40-34-20-2-3-21(22(16-20)35-12-8-27(6-7-27)9-13-35)26(38)33-24-5-4-23(39-18-29)25(32-24)36-14-10-28(30,31)11-15-36/h2-5,16,19,34,37H,6-15,17-18H2,1H3,(H,32,33,38)/t19-/m1/s1. The van der Waals surface area contributed by atoms with Gasteiger partial charge in [0.1, 0.15) is 5.82 Å². The van der Waals surface area contributed by atoms with Gasteiger partial charge in [0.2, 0.25) is 6.86 Å². The molecule has 3 N–H and O–H groups in total. The molecule has 0 unspecified atom stereocenters. The molecule has 1 aliphatic carbocycles. The number of hydrogen-bond donors (Lipinski definition) is 3. The van der Waals surface area contributed by atoms with E-state index in [4.69, 9.17) is 4.74 Å². The van der Waals surface area contributed by atoms with Crippen molar-refractivity contribution >= 4 is 40.9 Å². The number of piperidine rings is 2. The van der Waals surface area contributed by atoms with Crippen LogP contribution in [0.1, 0.15) is 55.8 Å². The molecule has 1 amide bonds. The number of carbonyl (C=O) groups is 1. The Balaban J connectivity index is 1.37. The average Bonchev–Trinajstić information content (AvgIpc) is 3.71. The zero-order valence-electron chi connectivity index (χ0n) is 22.6. The van der Waals surface area contributed by atoms with Crippen LogP contribution in [0, 0.1) is 5.41 Å². The number of hydrogen-bond acceptors (Lipinski definition) is 8. The fraction of sp³-hybridized carbons (Fsp3) is 0.571. The van der Waals surface area contributed by atoms with E-state index in [1.54, 1.807) is 11.0 Å². The number of alkyl halides is 3. The monoisotopic (exact) mass is 579 g/mol. The molecule has 12 heteroatoms. The predicted molar refractivity (Wildman–Crippen MR) is 153 cm³/mol. The van der Waals surface area contributed by atoms with E-state index >= 15 is 0 Å². The molecule has 2 saturated heterocycles. The van der Waals surface area contributed by atoms with Crippen LogP contribution in [0.5, 0.6) is 5.75 Å². The molecule has 1 aromatic heterocycles. The van der Waals surface area contributed by atoms with Crippen LogP contribution < -0.4 is 24.6 Å². The van der Waals surface area contributed by atoms with Crippen molar-refractivity contribution in [2.45, 2.75) is 56.6 Å². The number of amides is 1. The van der Waals surface area contributed by atoms with Gasteiger partial charge in [-0.1, -0.05) is 0 Å². The van der Waals surface area contributed by atoms with Crippen molar-refractivity contribution < 1.29 is 27.8 Å². The SMILES string of the molecule is C[C@H](CO)SNc1ccc(C(=O)Nc2ccc(OCF)c(N3CCC(F)(F)CC3)n2)c(N2CCC3(CC2)CC3)c1. The second-order valence-corrected chi connectivity index (χ2v) is 12.2. The van der Waals surface area contributed by atoms with Crippen LogP contribution in [0.4, 0.5) is 36.2 Å². The number of aliphatic hydroxyl groups excluding tert-OH is 1. The zero-order valence-corrected chi connectivity index (χ0v) is 23.4. The number of halogens is 3. The lowest BCUT2D eigenvalue weighted by molar-refractivity contribution is -0.0222. The van der Waals surface area contributed by atoms with Gasteiger partial charge in [0.25, 0.3) is 11.8 Å². The Morgan fingerprint density at radius 3 is 2.42 bits per heavy atom. The molecule has 40 heavy (non-hydrogen) atoms. The van der Waals surface area contributed by atoms with Crippen molar-refractivity contribution in [2.24, 2.45) is 5.41 Å². The summed E-state index contributed by atoms with van der Waals surface area (Å²) >= 11 is 1.41. The van der Waals surface area contributed by atoms with Crippen LogP contribution >= 0.6 is 11.9 Å². The third kappa shape index (κ3) is 6.71. The van der Waals surface area contributed by atoms with Crippen molar-refractivity contribution in [1.82, 2.24) is 4.98 Å². The van der Waals surface area contributed by atoms with Crippen molar-refractivity contribution in [2.75, 3.05) is 59.5 Å². The normalized spacial score (nSPS) is 20.2. The molecular weight excluding hydrogens is 543 g/mol. The average molecular weight is 580 g/mol. The number of benzene rings is 1. The van der Waals surface area contributed by atoms with Gasteiger partial charge in [-0.25, -0.2) is 18.2 Å². The lowest BCUT2D eigenvalue weighted by atomic mass is 9.93. The smallest absolute Gasteiger partial charge is 0.258 e. The first-order valence-electron chi connectivity index (χ1n) is 13.8. The first-order chi connectivity index (χ1) is 19.2. The summed E-state index contributed by atoms with van der Waals surface area (Å²) in [5.74, 6) is -2.51. The summed E-state index contributed by atoms with van der Waals surface area (Å²) in [6, 6.07) is 8.57. The molecule has 5 rings (SSSR count). The maximum Gasteiger partial charge on any atom is 0.258 e. The molecular formula is C28H36F3N5O3S. The summed E-state index contributed by atoms with van der Waals surface area (Å²) in [5, 5.41) is 12.2. The molecule has 0 radical (unpaired) electrons. The predicted octanol–water partition coefficient (Wildman–Crippen LogP) is 5.70. The van der Waals surface area contributed by atoms with E-state index in [0.717, 1.165) is 37.3 Å². The Morgan fingerprint density at radius 2 is 1.77 bits per heavy atom. The van der Waals surface area contributed by atoms with Crippen LogP contribution in [0.25, 0.3) is 0 Å². The van der Waals surface area contributed by atoms with E-state index in [1.165, 1.54) is 36.9 Å². The van der Waals surface area contributed by atoms with Gasteiger partial charge in [-0.15, -0.1) is 0 Å². The Morgan fingerprint density at radius 1 is 1.07 bits per heavy atom. The highest BCUT2D eigenvalue weighted by Gasteiger charge is 2.44. The van der Waals surface area contributed by atoms with E-state index in [2.05, 4.69) is 19.9 Å². The summed E-state index contributed by atoms with van der Waals surface area (Å²) in [6.07, 6.45) is 4.06. The summed E-state index contributed by atoms with van der Waals surface area (Å²) in [5.41, 5.74) is 2.61. The Kier molecular flexibility index (Phi) is 8.55. The van der Waals surface area contributed by atoms with Crippen LogP contribution in [0.3, 0.4) is 0 Å². The third-order valence-electron chi connectivity index (χ3n) is 8.08. The fourth-order valence-electron chi connectivity index (χ4n) is 5.29. The molecule has 3 heterocycles. The van der Waals surface area contributed by atoms with E-state index in [-0.39, 0.29) is 61.1 Å². The number of anilines is 4. The third-order valence-corrected chi connectivity index (χ3v) is 8.99. The summed E-state index contributed by atoms with van der Waals surface area (Å²) in [6.45, 7) is 2.69. The number of aromatic nitrogens is 1. The minimum atomic E-state index is -2.75. The summed E-state index contributed by atoms with van der Waals surface area (Å²) in [7, 11) is 0. The lowest BCUT2D eigenvalue weighted by Gasteiger charge is -2.35. The minimum absolute atomic E-state index is 0.00638. The molecule has 1 spiro atoms. The molecule has 1 aromatic carbocycles. The van der Waals surface area contributed by atoms with E-state index in [9.17, 15) is 23.1 Å². The van der Waals surface area contributed by atoms with Crippen molar-refractivity contribution in [3.05, 3.63) is 35.9 Å². The van der Waals surface area contributed by atoms with E-state index < -0.39 is 12.8 Å². The first kappa shape index (κ1) is 28.7. The van der Waals surface area contributed by atoms with Crippen LogP contribution in [0.15, 0.2) is 30.3 Å². The van der Waals surface area contributed by atoms with Gasteiger partial charge >= 0.3 is 0 Å². The van der Waals surface area contributed by atoms with E-state index in [0.29, 0.717) is 11.0 Å². The van der Waals surface area contributed by atoms with Gasteiger partial charge in [-0.05, 0) is 80.3 Å². The molecule has 3 aliphatic rings. The van der Waals surface area contributed by atoms with Crippen LogP contribution in [-0.2, 0) is 0 Å². The van der Waals surface area contributed by atoms with Gasteiger partial charge in [-0.2, -0.15) is 0 Å². The van der Waals surface area contributed by atoms with Crippen molar-refractivity contribution in [3.8, 4) is 5.75 Å². The van der Waals surface area contributed by atoms with Gasteiger partial charge in [0, 0.05) is 50.0 Å². The number of aliphatic hydroxyl groups is 1. The maximum atomic E-state index is 13.7. The molecule has 3 fully saturated rings. The number of rotatable bonds is 10. The van der Waals surface area contributed by atoms with Crippen molar-refractivity contribution in [3.63, 3.8) is 0 Å². The summed E-state index contributed by atoms with van der Waals surface area (Å²) in [4.78, 5) is 21.9. The molecule has 1 atom stereocenters. The topological polar surface area (TPSA) is 90.0 Å². The van der Waals surface area contributed by atoms with Gasteiger partial charge in [0.05, 0.1) is 17.9 Å². The van der Waals surface area contributed by atoms with Gasteiger partial charge < -0.3 is 29.7 Å². The number of nitrogens with zero attached hydrogens (tertiary/aromatic N) is 3. The Labute approximate surface area is 236 Å².